The SMILES string of the molecule is N#Cc1ccc(N2CCc3ccccc3C2=O)c(Cl)c1. The van der Waals surface area contributed by atoms with Crippen LogP contribution in [-0.2, 0) is 6.42 Å². The molecule has 0 saturated heterocycles. The zero-order chi connectivity index (χ0) is 14.1. The van der Waals surface area contributed by atoms with Crippen molar-refractivity contribution in [3.63, 3.8) is 0 Å². The number of amides is 1. The summed E-state index contributed by atoms with van der Waals surface area (Å²) >= 11 is 6.19. The van der Waals surface area contributed by atoms with Crippen LogP contribution >= 0.6 is 11.6 Å². The molecule has 0 bridgehead atoms. The van der Waals surface area contributed by atoms with Crippen molar-refractivity contribution >= 4 is 23.2 Å². The van der Waals surface area contributed by atoms with Gasteiger partial charge in [0.05, 0.1) is 22.3 Å². The fourth-order valence-corrected chi connectivity index (χ4v) is 2.73. The lowest BCUT2D eigenvalue weighted by atomic mass is 9.98. The molecule has 0 fully saturated rings. The van der Waals surface area contributed by atoms with Crippen molar-refractivity contribution in [2.45, 2.75) is 6.42 Å². The third-order valence-corrected chi connectivity index (χ3v) is 3.77. The first-order chi connectivity index (χ1) is 9.70. The number of fused-ring (bicyclic) bond motifs is 1. The molecule has 0 N–H and O–H groups in total. The molecule has 98 valence electrons. The first-order valence-electron chi connectivity index (χ1n) is 6.30. The maximum atomic E-state index is 12.5. The number of nitriles is 1. The molecule has 1 aliphatic heterocycles. The molecule has 1 heterocycles. The number of anilines is 1. The summed E-state index contributed by atoms with van der Waals surface area (Å²) in [5.74, 6) is -0.0431. The van der Waals surface area contributed by atoms with E-state index in [2.05, 4.69) is 0 Å². The van der Waals surface area contributed by atoms with E-state index in [1.807, 2.05) is 30.3 Å². The van der Waals surface area contributed by atoms with Gasteiger partial charge in [-0.3, -0.25) is 4.79 Å². The molecule has 0 unspecified atom stereocenters. The standard InChI is InChI=1S/C16H11ClN2O/c17-14-9-11(10-18)5-6-15(14)19-8-7-12-3-1-2-4-13(12)16(19)20/h1-6,9H,7-8H2. The molecule has 3 nitrogen and oxygen atoms in total. The van der Waals surface area contributed by atoms with Crippen molar-refractivity contribution in [1.82, 2.24) is 0 Å². The number of halogens is 1. The molecule has 0 aliphatic carbocycles. The predicted octanol–water partition coefficient (Wildman–Crippen LogP) is 3.41. The second kappa shape index (κ2) is 4.99. The fourth-order valence-electron chi connectivity index (χ4n) is 2.45. The molecule has 2 aromatic rings. The van der Waals surface area contributed by atoms with Crippen LogP contribution in [0.4, 0.5) is 5.69 Å². The molecule has 1 amide bonds. The van der Waals surface area contributed by atoms with Gasteiger partial charge in [0, 0.05) is 12.1 Å². The van der Waals surface area contributed by atoms with Crippen molar-refractivity contribution in [3.8, 4) is 6.07 Å². The molecule has 0 radical (unpaired) electrons. The lowest BCUT2D eigenvalue weighted by molar-refractivity contribution is 0.0980. The van der Waals surface area contributed by atoms with Gasteiger partial charge in [-0.25, -0.2) is 0 Å². The summed E-state index contributed by atoms with van der Waals surface area (Å²) in [7, 11) is 0. The van der Waals surface area contributed by atoms with Crippen molar-refractivity contribution < 1.29 is 4.79 Å². The van der Waals surface area contributed by atoms with E-state index < -0.39 is 0 Å². The minimum Gasteiger partial charge on any atom is -0.307 e. The van der Waals surface area contributed by atoms with E-state index in [4.69, 9.17) is 16.9 Å². The molecule has 0 spiro atoms. The normalized spacial score (nSPS) is 13.8. The summed E-state index contributed by atoms with van der Waals surface area (Å²) in [6.07, 6.45) is 0.804. The lowest BCUT2D eigenvalue weighted by Gasteiger charge is -2.29. The summed E-state index contributed by atoms with van der Waals surface area (Å²) in [6.45, 7) is 0.599. The summed E-state index contributed by atoms with van der Waals surface area (Å²) in [4.78, 5) is 14.2. The number of nitrogens with zero attached hydrogens (tertiary/aromatic N) is 2. The van der Waals surface area contributed by atoms with Gasteiger partial charge in [-0.05, 0) is 36.2 Å². The van der Waals surface area contributed by atoms with Gasteiger partial charge in [-0.2, -0.15) is 5.26 Å². The van der Waals surface area contributed by atoms with Gasteiger partial charge in [-0.15, -0.1) is 0 Å². The van der Waals surface area contributed by atoms with E-state index in [0.717, 1.165) is 17.5 Å². The van der Waals surface area contributed by atoms with Gasteiger partial charge in [-0.1, -0.05) is 29.8 Å². The van der Waals surface area contributed by atoms with E-state index in [0.29, 0.717) is 22.8 Å². The highest BCUT2D eigenvalue weighted by molar-refractivity contribution is 6.34. The zero-order valence-corrected chi connectivity index (χ0v) is 11.4. The second-order valence-electron chi connectivity index (χ2n) is 4.64. The molecule has 0 aromatic heterocycles. The van der Waals surface area contributed by atoms with Crippen molar-refractivity contribution in [2.75, 3.05) is 11.4 Å². The maximum Gasteiger partial charge on any atom is 0.258 e. The fraction of sp³-hybridized carbons (Fsp3) is 0.125. The van der Waals surface area contributed by atoms with Crippen LogP contribution in [-0.4, -0.2) is 12.5 Å². The van der Waals surface area contributed by atoms with Crippen molar-refractivity contribution in [2.24, 2.45) is 0 Å². The Morgan fingerprint density at radius 2 is 2.00 bits per heavy atom. The molecule has 1 aliphatic rings. The highest BCUT2D eigenvalue weighted by Crippen LogP contribution is 2.31. The van der Waals surface area contributed by atoms with Crippen LogP contribution in [0.3, 0.4) is 0 Å². The van der Waals surface area contributed by atoms with Gasteiger partial charge in [0.15, 0.2) is 0 Å². The topological polar surface area (TPSA) is 44.1 Å². The third kappa shape index (κ3) is 2.04. The Balaban J connectivity index is 2.01. The van der Waals surface area contributed by atoms with Crippen molar-refractivity contribution in [1.29, 1.82) is 5.26 Å². The number of benzene rings is 2. The largest absolute Gasteiger partial charge is 0.307 e. The molecule has 3 rings (SSSR count). The Bertz CT molecular complexity index is 733. The number of carbonyl (C=O) groups excluding carboxylic acids is 1. The van der Waals surface area contributed by atoms with Gasteiger partial charge >= 0.3 is 0 Å². The average Bonchev–Trinajstić information content (AvgIpc) is 2.48. The highest BCUT2D eigenvalue weighted by Gasteiger charge is 2.26. The van der Waals surface area contributed by atoms with E-state index in [1.54, 1.807) is 23.1 Å². The number of carbonyl (C=O) groups is 1. The van der Waals surface area contributed by atoms with Crippen molar-refractivity contribution in [3.05, 3.63) is 64.2 Å². The average molecular weight is 283 g/mol. The second-order valence-corrected chi connectivity index (χ2v) is 5.05. The van der Waals surface area contributed by atoms with E-state index >= 15 is 0 Å². The molecule has 20 heavy (non-hydrogen) atoms. The van der Waals surface area contributed by atoms with Gasteiger partial charge in [0.2, 0.25) is 0 Å². The smallest absolute Gasteiger partial charge is 0.258 e. The summed E-state index contributed by atoms with van der Waals surface area (Å²) in [6, 6.07) is 14.6. The van der Waals surface area contributed by atoms with Gasteiger partial charge < -0.3 is 4.90 Å². The third-order valence-electron chi connectivity index (χ3n) is 3.47. The van der Waals surface area contributed by atoms with Crippen LogP contribution < -0.4 is 4.90 Å². The first kappa shape index (κ1) is 12.7. The Morgan fingerprint density at radius 1 is 1.20 bits per heavy atom. The number of rotatable bonds is 1. The number of hydrogen-bond donors (Lipinski definition) is 0. The minimum atomic E-state index is -0.0431. The monoisotopic (exact) mass is 282 g/mol. The van der Waals surface area contributed by atoms with Crippen LogP contribution in [0.15, 0.2) is 42.5 Å². The molecule has 4 heteroatoms. The van der Waals surface area contributed by atoms with Gasteiger partial charge in [0.25, 0.3) is 5.91 Å². The molecule has 0 saturated carbocycles. The summed E-state index contributed by atoms with van der Waals surface area (Å²) in [5.41, 5.74) is 2.94. The zero-order valence-electron chi connectivity index (χ0n) is 10.6. The first-order valence-corrected chi connectivity index (χ1v) is 6.68. The molecule has 2 aromatic carbocycles. The van der Waals surface area contributed by atoms with Crippen LogP contribution in [0.25, 0.3) is 0 Å². The van der Waals surface area contributed by atoms with E-state index in [9.17, 15) is 4.79 Å². The Morgan fingerprint density at radius 3 is 2.75 bits per heavy atom. The quantitative estimate of drug-likeness (QED) is 0.804. The summed E-state index contributed by atoms with van der Waals surface area (Å²) in [5, 5.41) is 9.28. The number of hydrogen-bond acceptors (Lipinski definition) is 2. The highest BCUT2D eigenvalue weighted by atomic mass is 35.5. The minimum absolute atomic E-state index is 0.0431. The predicted molar refractivity (Wildman–Crippen MR) is 78.0 cm³/mol. The Labute approximate surface area is 122 Å². The lowest BCUT2D eigenvalue weighted by Crippen LogP contribution is -2.37. The molecule has 0 atom stereocenters. The van der Waals surface area contributed by atoms with Crippen LogP contribution in [0.1, 0.15) is 21.5 Å². The molecular formula is C16H11ClN2O. The van der Waals surface area contributed by atoms with E-state index in [1.165, 1.54) is 0 Å². The van der Waals surface area contributed by atoms with Crippen LogP contribution in [0, 0.1) is 11.3 Å². The summed E-state index contributed by atoms with van der Waals surface area (Å²) < 4.78 is 0. The Kier molecular flexibility index (Phi) is 3.17. The van der Waals surface area contributed by atoms with Gasteiger partial charge in [0.1, 0.15) is 0 Å². The molecular weight excluding hydrogens is 272 g/mol. The maximum absolute atomic E-state index is 12.5. The van der Waals surface area contributed by atoms with Crippen LogP contribution in [0.2, 0.25) is 5.02 Å². The van der Waals surface area contributed by atoms with Crippen LogP contribution in [0.5, 0.6) is 0 Å². The van der Waals surface area contributed by atoms with E-state index in [-0.39, 0.29) is 5.91 Å². The Hall–Kier alpha value is -2.31.